The zero-order valence-corrected chi connectivity index (χ0v) is 11.2. The highest BCUT2D eigenvalue weighted by molar-refractivity contribution is 6.17. The number of hydrogen-bond acceptors (Lipinski definition) is 2. The molecule has 4 heteroatoms. The van der Waals surface area contributed by atoms with Crippen LogP contribution in [0.5, 0.6) is 0 Å². The maximum absolute atomic E-state index is 12.3. The number of nitrogens with zero attached hydrogens (tertiary/aromatic N) is 1. The molecule has 0 spiro atoms. The highest BCUT2D eigenvalue weighted by Crippen LogP contribution is 2.22. The second kappa shape index (κ2) is 6.45. The smallest absolute Gasteiger partial charge is 0.252 e. The summed E-state index contributed by atoms with van der Waals surface area (Å²) < 4.78 is 5.51. The summed E-state index contributed by atoms with van der Waals surface area (Å²) >= 11 is 5.67. The summed E-state index contributed by atoms with van der Waals surface area (Å²) in [7, 11) is 0. The molecular weight excluding hydrogens is 226 g/mol. The molecule has 1 saturated heterocycles. The van der Waals surface area contributed by atoms with Gasteiger partial charge in [-0.25, -0.2) is 0 Å². The van der Waals surface area contributed by atoms with Crippen molar-refractivity contribution < 1.29 is 9.53 Å². The van der Waals surface area contributed by atoms with Crippen molar-refractivity contribution in [1.29, 1.82) is 0 Å². The van der Waals surface area contributed by atoms with Crippen LogP contribution in [0, 0.1) is 5.92 Å². The van der Waals surface area contributed by atoms with Gasteiger partial charge in [0.15, 0.2) is 0 Å². The highest BCUT2D eigenvalue weighted by Gasteiger charge is 2.34. The van der Waals surface area contributed by atoms with Gasteiger partial charge in [0.2, 0.25) is 0 Å². The van der Waals surface area contributed by atoms with Crippen molar-refractivity contribution in [1.82, 2.24) is 4.90 Å². The Morgan fingerprint density at radius 3 is 2.69 bits per heavy atom. The fourth-order valence-corrected chi connectivity index (χ4v) is 2.15. The number of hydrogen-bond donors (Lipinski definition) is 0. The fourth-order valence-electron chi connectivity index (χ4n) is 2.03. The molecule has 3 nitrogen and oxygen atoms in total. The van der Waals surface area contributed by atoms with Crippen LogP contribution in [0.25, 0.3) is 0 Å². The second-order valence-corrected chi connectivity index (χ2v) is 5.10. The minimum atomic E-state index is -0.238. The van der Waals surface area contributed by atoms with E-state index in [0.29, 0.717) is 18.4 Å². The Hall–Kier alpha value is -0.280. The van der Waals surface area contributed by atoms with Crippen molar-refractivity contribution in [2.75, 3.05) is 19.0 Å². The van der Waals surface area contributed by atoms with Gasteiger partial charge in [-0.05, 0) is 32.6 Å². The normalized spacial score (nSPS) is 25.1. The van der Waals surface area contributed by atoms with Crippen molar-refractivity contribution >= 4 is 17.5 Å². The highest BCUT2D eigenvalue weighted by atomic mass is 35.5. The first-order valence-electron chi connectivity index (χ1n) is 6.06. The fraction of sp³-hybridized carbons (Fsp3) is 0.917. The van der Waals surface area contributed by atoms with Gasteiger partial charge in [0.25, 0.3) is 5.91 Å². The molecule has 94 valence electrons. The van der Waals surface area contributed by atoms with Crippen LogP contribution in [0.1, 0.15) is 33.6 Å². The van der Waals surface area contributed by atoms with Gasteiger partial charge in [0.1, 0.15) is 6.10 Å². The molecule has 0 N–H and O–H groups in total. The first kappa shape index (κ1) is 13.8. The van der Waals surface area contributed by atoms with E-state index in [0.717, 1.165) is 19.4 Å². The lowest BCUT2D eigenvalue weighted by Gasteiger charge is -2.30. The van der Waals surface area contributed by atoms with Gasteiger partial charge >= 0.3 is 0 Å². The van der Waals surface area contributed by atoms with Crippen LogP contribution in [-0.2, 0) is 9.53 Å². The Balaban J connectivity index is 2.59. The molecule has 0 aromatic heterocycles. The second-order valence-electron chi connectivity index (χ2n) is 4.73. The summed E-state index contributed by atoms with van der Waals surface area (Å²) in [6, 6.07) is 0.215. The molecule has 0 bridgehead atoms. The van der Waals surface area contributed by atoms with E-state index in [-0.39, 0.29) is 18.1 Å². The zero-order chi connectivity index (χ0) is 12.1. The van der Waals surface area contributed by atoms with Gasteiger partial charge in [0.05, 0.1) is 0 Å². The van der Waals surface area contributed by atoms with Crippen molar-refractivity contribution in [3.63, 3.8) is 0 Å². The van der Waals surface area contributed by atoms with Crippen LogP contribution in [0.4, 0.5) is 0 Å². The van der Waals surface area contributed by atoms with E-state index in [1.165, 1.54) is 0 Å². The van der Waals surface area contributed by atoms with Crippen LogP contribution in [0.15, 0.2) is 0 Å². The molecule has 1 heterocycles. The number of carbonyl (C=O) groups excluding carboxylic acids is 1. The largest absolute Gasteiger partial charge is 0.368 e. The molecule has 1 aliphatic heterocycles. The molecular formula is C12H22ClNO2. The number of carbonyl (C=O) groups is 1. The van der Waals surface area contributed by atoms with E-state index >= 15 is 0 Å². The number of amides is 1. The summed E-state index contributed by atoms with van der Waals surface area (Å²) in [4.78, 5) is 14.1. The quantitative estimate of drug-likeness (QED) is 0.698. The monoisotopic (exact) mass is 247 g/mol. The minimum absolute atomic E-state index is 0.130. The molecule has 16 heavy (non-hydrogen) atoms. The van der Waals surface area contributed by atoms with Crippen LogP contribution < -0.4 is 0 Å². The van der Waals surface area contributed by atoms with Gasteiger partial charge in [-0.2, -0.15) is 0 Å². The van der Waals surface area contributed by atoms with Crippen LogP contribution in [0.2, 0.25) is 0 Å². The van der Waals surface area contributed by atoms with E-state index < -0.39 is 0 Å². The molecule has 0 aromatic rings. The number of ether oxygens (including phenoxy) is 1. The lowest BCUT2D eigenvalue weighted by Crippen LogP contribution is -2.45. The van der Waals surface area contributed by atoms with Gasteiger partial charge < -0.3 is 9.64 Å². The Kier molecular flexibility index (Phi) is 5.56. The maximum Gasteiger partial charge on any atom is 0.252 e. The molecule has 1 amide bonds. The third-order valence-electron chi connectivity index (χ3n) is 3.07. The van der Waals surface area contributed by atoms with E-state index in [9.17, 15) is 4.79 Å². The maximum atomic E-state index is 12.3. The van der Waals surface area contributed by atoms with E-state index in [1.54, 1.807) is 0 Å². The molecule has 0 radical (unpaired) electrons. The van der Waals surface area contributed by atoms with Crippen molar-refractivity contribution in [2.45, 2.75) is 45.8 Å². The molecule has 1 rings (SSSR count). The SMILES string of the molecule is CC1CCOC1C(=O)N(CCCCl)C(C)C. The lowest BCUT2D eigenvalue weighted by atomic mass is 10.0. The summed E-state index contributed by atoms with van der Waals surface area (Å²) in [6.07, 6.45) is 1.59. The van der Waals surface area contributed by atoms with Crippen molar-refractivity contribution in [3.8, 4) is 0 Å². The third kappa shape index (κ3) is 3.36. The molecule has 0 aromatic carbocycles. The molecule has 0 aliphatic carbocycles. The summed E-state index contributed by atoms with van der Waals surface area (Å²) in [5.74, 6) is 1.06. The van der Waals surface area contributed by atoms with E-state index in [4.69, 9.17) is 16.3 Å². The summed E-state index contributed by atoms with van der Waals surface area (Å²) in [5.41, 5.74) is 0. The zero-order valence-electron chi connectivity index (χ0n) is 10.4. The van der Waals surface area contributed by atoms with E-state index in [2.05, 4.69) is 6.92 Å². The van der Waals surface area contributed by atoms with Crippen LogP contribution >= 0.6 is 11.6 Å². The van der Waals surface area contributed by atoms with Gasteiger partial charge in [-0.3, -0.25) is 4.79 Å². The van der Waals surface area contributed by atoms with Crippen molar-refractivity contribution in [2.24, 2.45) is 5.92 Å². The Morgan fingerprint density at radius 2 is 2.25 bits per heavy atom. The first-order chi connectivity index (χ1) is 7.57. The first-order valence-corrected chi connectivity index (χ1v) is 6.59. The van der Waals surface area contributed by atoms with Gasteiger partial charge in [-0.1, -0.05) is 6.92 Å². The number of halogens is 1. The Bertz CT molecular complexity index is 233. The van der Waals surface area contributed by atoms with Crippen LogP contribution in [0.3, 0.4) is 0 Å². The topological polar surface area (TPSA) is 29.5 Å². The molecule has 2 atom stereocenters. The summed E-state index contributed by atoms with van der Waals surface area (Å²) in [5, 5.41) is 0. The average molecular weight is 248 g/mol. The number of rotatable bonds is 5. The lowest BCUT2D eigenvalue weighted by molar-refractivity contribution is -0.144. The Labute approximate surface area is 103 Å². The minimum Gasteiger partial charge on any atom is -0.368 e. The molecule has 1 fully saturated rings. The number of alkyl halides is 1. The predicted octanol–water partition coefficient (Wildman–Crippen LogP) is 2.28. The van der Waals surface area contributed by atoms with Crippen LogP contribution in [-0.4, -0.2) is 42.0 Å². The molecule has 0 saturated carbocycles. The van der Waals surface area contributed by atoms with Crippen molar-refractivity contribution in [3.05, 3.63) is 0 Å². The molecule has 1 aliphatic rings. The van der Waals surface area contributed by atoms with Gasteiger partial charge in [-0.15, -0.1) is 11.6 Å². The standard InChI is InChI=1S/C12H22ClNO2/c1-9(2)14(7-4-6-13)12(15)11-10(3)5-8-16-11/h9-11H,4-8H2,1-3H3. The van der Waals surface area contributed by atoms with Gasteiger partial charge in [0, 0.05) is 25.1 Å². The van der Waals surface area contributed by atoms with E-state index in [1.807, 2.05) is 18.7 Å². The molecule has 2 unspecified atom stereocenters. The summed E-state index contributed by atoms with van der Waals surface area (Å²) in [6.45, 7) is 7.58. The Morgan fingerprint density at radius 1 is 1.56 bits per heavy atom. The average Bonchev–Trinajstić information content (AvgIpc) is 2.64. The predicted molar refractivity (Wildman–Crippen MR) is 65.7 cm³/mol. The third-order valence-corrected chi connectivity index (χ3v) is 3.34.